The van der Waals surface area contributed by atoms with Crippen molar-refractivity contribution in [2.75, 3.05) is 26.7 Å². The number of benzene rings is 1. The molecule has 0 aliphatic carbocycles. The summed E-state index contributed by atoms with van der Waals surface area (Å²) in [5.41, 5.74) is 1.27. The van der Waals surface area contributed by atoms with Gasteiger partial charge in [0.2, 0.25) is 0 Å². The van der Waals surface area contributed by atoms with Gasteiger partial charge in [0.25, 0.3) is 0 Å². The number of hydrogen-bond donors (Lipinski definition) is 2. The molecule has 1 unspecified atom stereocenters. The third-order valence-corrected chi connectivity index (χ3v) is 5.99. The van der Waals surface area contributed by atoms with Gasteiger partial charge in [0.05, 0.1) is 6.54 Å². The highest BCUT2D eigenvalue weighted by Gasteiger charge is 2.22. The molecule has 1 fully saturated rings. The Kier molecular flexibility index (Phi) is 11.4. The molecule has 0 radical (unpaired) electrons. The quantitative estimate of drug-likeness (QED) is 0.302. The fourth-order valence-corrected chi connectivity index (χ4v) is 4.23. The van der Waals surface area contributed by atoms with Crippen molar-refractivity contribution >= 4 is 29.9 Å². The Morgan fingerprint density at radius 1 is 1.06 bits per heavy atom. The lowest BCUT2D eigenvalue weighted by Crippen LogP contribution is -2.49. The smallest absolute Gasteiger partial charge is 0.191 e. The third-order valence-electron chi connectivity index (χ3n) is 5.99. The number of nitrogens with zero attached hydrogens (tertiary/aromatic N) is 4. The third kappa shape index (κ3) is 8.11. The second-order valence-corrected chi connectivity index (χ2v) is 8.53. The molecule has 1 aromatic heterocycles. The maximum absolute atomic E-state index is 4.54. The van der Waals surface area contributed by atoms with Crippen LogP contribution in [-0.4, -0.2) is 53.1 Å². The maximum Gasteiger partial charge on any atom is 0.191 e. The molecule has 1 saturated heterocycles. The molecule has 7 heteroatoms. The molecule has 6 nitrogen and oxygen atoms in total. The average molecular weight is 539 g/mol. The highest BCUT2D eigenvalue weighted by atomic mass is 127. The van der Waals surface area contributed by atoms with Gasteiger partial charge in [0.15, 0.2) is 5.96 Å². The molecule has 31 heavy (non-hydrogen) atoms. The first kappa shape index (κ1) is 25.6. The lowest BCUT2D eigenvalue weighted by Gasteiger charge is -2.34. The fourth-order valence-electron chi connectivity index (χ4n) is 4.23. The molecule has 3 rings (SSSR count). The molecule has 0 bridgehead atoms. The molecule has 172 valence electrons. The van der Waals surface area contributed by atoms with Gasteiger partial charge in [-0.3, -0.25) is 9.89 Å². The van der Waals surface area contributed by atoms with Crippen LogP contribution in [0.25, 0.3) is 0 Å². The van der Waals surface area contributed by atoms with E-state index >= 15 is 0 Å². The van der Waals surface area contributed by atoms with Gasteiger partial charge in [0, 0.05) is 38.6 Å². The summed E-state index contributed by atoms with van der Waals surface area (Å²) in [7, 11) is 1.84. The van der Waals surface area contributed by atoms with Crippen LogP contribution >= 0.6 is 24.0 Å². The second-order valence-electron chi connectivity index (χ2n) is 8.53. The molecule has 0 amide bonds. The highest BCUT2D eigenvalue weighted by molar-refractivity contribution is 14.0. The van der Waals surface area contributed by atoms with Crippen LogP contribution in [0.15, 0.2) is 47.7 Å². The number of imidazole rings is 1. The van der Waals surface area contributed by atoms with Crippen LogP contribution in [0.3, 0.4) is 0 Å². The van der Waals surface area contributed by atoms with Crippen molar-refractivity contribution in [3.63, 3.8) is 0 Å². The van der Waals surface area contributed by atoms with Crippen molar-refractivity contribution in [1.82, 2.24) is 25.1 Å². The number of aromatic nitrogens is 2. The van der Waals surface area contributed by atoms with E-state index in [9.17, 15) is 0 Å². The Labute approximate surface area is 204 Å². The lowest BCUT2D eigenvalue weighted by atomic mass is 10.0. The summed E-state index contributed by atoms with van der Waals surface area (Å²) in [6.45, 7) is 9.47. The lowest BCUT2D eigenvalue weighted by molar-refractivity contribution is 0.161. The van der Waals surface area contributed by atoms with Gasteiger partial charge in [-0.1, -0.05) is 57.0 Å². The van der Waals surface area contributed by atoms with Crippen molar-refractivity contribution in [1.29, 1.82) is 0 Å². The van der Waals surface area contributed by atoms with Gasteiger partial charge in [-0.2, -0.15) is 0 Å². The minimum absolute atomic E-state index is 0. The summed E-state index contributed by atoms with van der Waals surface area (Å²) in [5.74, 6) is 2.46. The Morgan fingerprint density at radius 3 is 2.42 bits per heavy atom. The first-order valence-electron chi connectivity index (χ1n) is 11.4. The predicted molar refractivity (Wildman–Crippen MR) is 140 cm³/mol. The van der Waals surface area contributed by atoms with Crippen LogP contribution in [0, 0.1) is 5.92 Å². The molecular weight excluding hydrogens is 499 g/mol. The number of likely N-dealkylation sites (tertiary alicyclic amines) is 1. The van der Waals surface area contributed by atoms with E-state index in [1.165, 1.54) is 44.3 Å². The first-order valence-corrected chi connectivity index (χ1v) is 11.4. The standard InChI is InChI=1S/C24H38N6.HI/c1-20(2)22(29-14-9-4-5-10-15-29)17-27-24(25-3)28-18-23-26-13-16-30(23)19-21-11-7-6-8-12-21;/h6-8,11-13,16,20,22H,4-5,9-10,14-15,17-19H2,1-3H3,(H2,25,27,28);1H. The van der Waals surface area contributed by atoms with E-state index in [1.54, 1.807) is 0 Å². The average Bonchev–Trinajstić information content (AvgIpc) is 3.02. The number of halogens is 1. The first-order chi connectivity index (χ1) is 14.7. The molecule has 2 heterocycles. The largest absolute Gasteiger partial charge is 0.355 e. The number of guanidine groups is 1. The number of nitrogens with one attached hydrogen (secondary N) is 2. The minimum Gasteiger partial charge on any atom is -0.355 e. The summed E-state index contributed by atoms with van der Waals surface area (Å²) in [6, 6.07) is 11.0. The van der Waals surface area contributed by atoms with Crippen molar-refractivity contribution in [2.24, 2.45) is 10.9 Å². The molecule has 1 aliphatic rings. The topological polar surface area (TPSA) is 57.5 Å². The summed E-state index contributed by atoms with van der Waals surface area (Å²) in [4.78, 5) is 11.6. The summed E-state index contributed by atoms with van der Waals surface area (Å²) in [6.07, 6.45) is 9.28. The maximum atomic E-state index is 4.54. The van der Waals surface area contributed by atoms with Gasteiger partial charge in [0.1, 0.15) is 5.82 Å². The van der Waals surface area contributed by atoms with E-state index in [-0.39, 0.29) is 24.0 Å². The van der Waals surface area contributed by atoms with E-state index in [0.717, 1.165) is 24.9 Å². The van der Waals surface area contributed by atoms with Crippen molar-refractivity contribution in [3.8, 4) is 0 Å². The Balaban J connectivity index is 0.00000341. The predicted octanol–water partition coefficient (Wildman–Crippen LogP) is 4.12. The molecule has 2 N–H and O–H groups in total. The van der Waals surface area contributed by atoms with Crippen LogP contribution in [-0.2, 0) is 13.1 Å². The molecular formula is C24H39IN6. The van der Waals surface area contributed by atoms with Crippen molar-refractivity contribution in [2.45, 2.75) is 58.7 Å². The second kappa shape index (κ2) is 13.7. The van der Waals surface area contributed by atoms with Crippen molar-refractivity contribution < 1.29 is 0 Å². The van der Waals surface area contributed by atoms with E-state index in [4.69, 9.17) is 0 Å². The van der Waals surface area contributed by atoms with Crippen LogP contribution < -0.4 is 10.6 Å². The van der Waals surface area contributed by atoms with Gasteiger partial charge >= 0.3 is 0 Å². The molecule has 1 aliphatic heterocycles. The summed E-state index contributed by atoms with van der Waals surface area (Å²) < 4.78 is 2.18. The van der Waals surface area contributed by atoms with Gasteiger partial charge in [-0.25, -0.2) is 4.98 Å². The zero-order valence-electron chi connectivity index (χ0n) is 19.3. The summed E-state index contributed by atoms with van der Waals surface area (Å²) >= 11 is 0. The normalized spacial score (nSPS) is 16.5. The molecule has 1 atom stereocenters. The number of aliphatic imine (C=N–C) groups is 1. The molecule has 2 aromatic rings. The molecule has 1 aromatic carbocycles. The SMILES string of the molecule is CN=C(NCc1nccn1Cc1ccccc1)NCC(C(C)C)N1CCCCCC1.I. The van der Waals surface area contributed by atoms with Gasteiger partial charge < -0.3 is 15.2 Å². The highest BCUT2D eigenvalue weighted by Crippen LogP contribution is 2.17. The van der Waals surface area contributed by atoms with E-state index < -0.39 is 0 Å². The minimum atomic E-state index is 0. The number of rotatable bonds is 8. The Hall–Kier alpha value is -1.61. The number of hydrogen-bond acceptors (Lipinski definition) is 3. The van der Waals surface area contributed by atoms with E-state index in [0.29, 0.717) is 18.5 Å². The van der Waals surface area contributed by atoms with E-state index in [2.05, 4.69) is 68.2 Å². The molecule has 0 saturated carbocycles. The Morgan fingerprint density at radius 2 is 1.77 bits per heavy atom. The van der Waals surface area contributed by atoms with Gasteiger partial charge in [-0.15, -0.1) is 24.0 Å². The fraction of sp³-hybridized carbons (Fsp3) is 0.583. The van der Waals surface area contributed by atoms with Crippen LogP contribution in [0.4, 0.5) is 0 Å². The monoisotopic (exact) mass is 538 g/mol. The van der Waals surface area contributed by atoms with Crippen LogP contribution in [0.1, 0.15) is 50.9 Å². The molecule has 0 spiro atoms. The van der Waals surface area contributed by atoms with Crippen LogP contribution in [0.2, 0.25) is 0 Å². The van der Waals surface area contributed by atoms with Crippen LogP contribution in [0.5, 0.6) is 0 Å². The van der Waals surface area contributed by atoms with Gasteiger partial charge in [-0.05, 0) is 37.4 Å². The van der Waals surface area contributed by atoms with Crippen molar-refractivity contribution in [3.05, 3.63) is 54.1 Å². The zero-order valence-corrected chi connectivity index (χ0v) is 21.6. The summed E-state index contributed by atoms with van der Waals surface area (Å²) in [5, 5.41) is 7.00. The van der Waals surface area contributed by atoms with E-state index in [1.807, 2.05) is 25.5 Å². The zero-order chi connectivity index (χ0) is 21.2. The Bertz CT molecular complexity index is 765.